The lowest BCUT2D eigenvalue weighted by molar-refractivity contribution is -0.123. The predicted octanol–water partition coefficient (Wildman–Crippen LogP) is 0.246. The van der Waals surface area contributed by atoms with Crippen molar-refractivity contribution >= 4 is 23.2 Å². The molecule has 1 fully saturated rings. The number of carbonyl (C=O) groups excluding carboxylic acids is 2. The third kappa shape index (κ3) is 2.06. The summed E-state index contributed by atoms with van der Waals surface area (Å²) in [5, 5.41) is 0. The number of primary amides is 1. The molecule has 1 aromatic carbocycles. The van der Waals surface area contributed by atoms with Crippen LogP contribution in [0.3, 0.4) is 0 Å². The van der Waals surface area contributed by atoms with Gasteiger partial charge in [0.1, 0.15) is 5.82 Å². The summed E-state index contributed by atoms with van der Waals surface area (Å²) in [5.74, 6) is -1.72. The molecule has 0 aromatic heterocycles. The van der Waals surface area contributed by atoms with Gasteiger partial charge in [-0.2, -0.15) is 0 Å². The highest BCUT2D eigenvalue weighted by atomic mass is 19.1. The highest BCUT2D eigenvalue weighted by Crippen LogP contribution is 2.30. The Balaban J connectivity index is 2.29. The van der Waals surface area contributed by atoms with Crippen LogP contribution in [0, 0.1) is 11.7 Å². The van der Waals surface area contributed by atoms with Gasteiger partial charge in [0.05, 0.1) is 17.3 Å². The molecule has 17 heavy (non-hydrogen) atoms. The van der Waals surface area contributed by atoms with Crippen molar-refractivity contribution in [3.05, 3.63) is 24.0 Å². The van der Waals surface area contributed by atoms with Crippen LogP contribution in [0.25, 0.3) is 0 Å². The lowest BCUT2D eigenvalue weighted by atomic mass is 10.1. The van der Waals surface area contributed by atoms with Crippen LogP contribution in [-0.2, 0) is 9.59 Å². The van der Waals surface area contributed by atoms with Crippen molar-refractivity contribution in [2.45, 2.75) is 6.42 Å². The molecule has 0 spiro atoms. The van der Waals surface area contributed by atoms with Crippen molar-refractivity contribution in [1.82, 2.24) is 0 Å². The summed E-state index contributed by atoms with van der Waals surface area (Å²) in [4.78, 5) is 24.1. The van der Waals surface area contributed by atoms with E-state index in [4.69, 9.17) is 11.5 Å². The van der Waals surface area contributed by atoms with E-state index in [2.05, 4.69) is 0 Å². The van der Waals surface area contributed by atoms with Crippen molar-refractivity contribution in [1.29, 1.82) is 0 Å². The molecule has 5 nitrogen and oxygen atoms in total. The monoisotopic (exact) mass is 237 g/mol. The van der Waals surface area contributed by atoms with Gasteiger partial charge in [0.2, 0.25) is 11.8 Å². The number of nitrogen functional groups attached to an aromatic ring is 1. The van der Waals surface area contributed by atoms with Crippen LogP contribution in [0.15, 0.2) is 18.2 Å². The zero-order chi connectivity index (χ0) is 12.6. The van der Waals surface area contributed by atoms with E-state index in [9.17, 15) is 14.0 Å². The van der Waals surface area contributed by atoms with Crippen LogP contribution in [0.5, 0.6) is 0 Å². The van der Waals surface area contributed by atoms with E-state index < -0.39 is 17.6 Å². The second-order valence-electron chi connectivity index (χ2n) is 4.01. The van der Waals surface area contributed by atoms with Gasteiger partial charge in [0, 0.05) is 13.0 Å². The number of nitrogens with zero attached hydrogens (tertiary/aromatic N) is 1. The minimum absolute atomic E-state index is 0.0755. The predicted molar refractivity (Wildman–Crippen MR) is 60.5 cm³/mol. The Hall–Kier alpha value is -2.11. The van der Waals surface area contributed by atoms with Crippen LogP contribution in [0.2, 0.25) is 0 Å². The maximum absolute atomic E-state index is 12.9. The lowest BCUT2D eigenvalue weighted by Gasteiger charge is -2.18. The number of amides is 2. The average molecular weight is 237 g/mol. The summed E-state index contributed by atoms with van der Waals surface area (Å²) in [5.41, 5.74) is 11.4. The van der Waals surface area contributed by atoms with Crippen LogP contribution in [0.1, 0.15) is 6.42 Å². The average Bonchev–Trinajstić information content (AvgIpc) is 2.61. The van der Waals surface area contributed by atoms with Crippen LogP contribution in [-0.4, -0.2) is 18.4 Å². The highest BCUT2D eigenvalue weighted by molar-refractivity contribution is 6.01. The standard InChI is InChI=1S/C11H12FN3O2/c12-7-1-2-9(8(13)4-7)15-5-6(11(14)17)3-10(15)16/h1-2,4,6H,3,5,13H2,(H2,14,17). The second-order valence-corrected chi connectivity index (χ2v) is 4.01. The Kier molecular flexibility index (Phi) is 2.71. The normalized spacial score (nSPS) is 19.7. The van der Waals surface area contributed by atoms with Crippen molar-refractivity contribution in [3.8, 4) is 0 Å². The van der Waals surface area contributed by atoms with Gasteiger partial charge in [-0.25, -0.2) is 4.39 Å². The fourth-order valence-electron chi connectivity index (χ4n) is 1.90. The van der Waals surface area contributed by atoms with E-state index in [0.29, 0.717) is 5.69 Å². The summed E-state index contributed by atoms with van der Waals surface area (Å²) < 4.78 is 12.9. The van der Waals surface area contributed by atoms with E-state index >= 15 is 0 Å². The summed E-state index contributed by atoms with van der Waals surface area (Å²) in [6, 6.07) is 3.78. The molecule has 2 amide bonds. The Labute approximate surface area is 97.2 Å². The lowest BCUT2D eigenvalue weighted by Crippen LogP contribution is -2.28. The maximum atomic E-state index is 12.9. The molecular weight excluding hydrogens is 225 g/mol. The molecule has 0 saturated carbocycles. The molecule has 1 aromatic rings. The van der Waals surface area contributed by atoms with E-state index in [1.54, 1.807) is 0 Å². The van der Waals surface area contributed by atoms with Gasteiger partial charge in [0.25, 0.3) is 0 Å². The first-order chi connectivity index (χ1) is 7.99. The molecule has 1 atom stereocenters. The Morgan fingerprint density at radius 3 is 2.71 bits per heavy atom. The topological polar surface area (TPSA) is 89.4 Å². The first-order valence-electron chi connectivity index (χ1n) is 5.13. The molecule has 0 aliphatic carbocycles. The van der Waals surface area contributed by atoms with E-state index in [1.165, 1.54) is 17.0 Å². The minimum Gasteiger partial charge on any atom is -0.397 e. The molecule has 90 valence electrons. The molecule has 1 heterocycles. The number of anilines is 2. The Morgan fingerprint density at radius 2 is 2.18 bits per heavy atom. The van der Waals surface area contributed by atoms with Crippen LogP contribution in [0.4, 0.5) is 15.8 Å². The van der Waals surface area contributed by atoms with Crippen molar-refractivity contribution in [3.63, 3.8) is 0 Å². The van der Waals surface area contributed by atoms with Crippen LogP contribution < -0.4 is 16.4 Å². The SMILES string of the molecule is NC(=O)C1CC(=O)N(c2ccc(F)cc2N)C1. The number of carbonyl (C=O) groups is 2. The van der Waals surface area contributed by atoms with Gasteiger partial charge in [-0.15, -0.1) is 0 Å². The molecule has 6 heteroatoms. The number of hydrogen-bond donors (Lipinski definition) is 2. The maximum Gasteiger partial charge on any atom is 0.227 e. The van der Waals surface area contributed by atoms with Crippen molar-refractivity contribution in [2.24, 2.45) is 11.7 Å². The van der Waals surface area contributed by atoms with E-state index in [1.807, 2.05) is 0 Å². The van der Waals surface area contributed by atoms with Gasteiger partial charge in [0.15, 0.2) is 0 Å². The van der Waals surface area contributed by atoms with Crippen molar-refractivity contribution < 1.29 is 14.0 Å². The number of benzene rings is 1. The van der Waals surface area contributed by atoms with Gasteiger partial charge in [-0.05, 0) is 18.2 Å². The number of nitrogens with two attached hydrogens (primary N) is 2. The molecule has 1 aliphatic heterocycles. The fraction of sp³-hybridized carbons (Fsp3) is 0.273. The summed E-state index contributed by atoms with van der Waals surface area (Å²) in [7, 11) is 0. The first-order valence-corrected chi connectivity index (χ1v) is 5.13. The molecular formula is C11H12FN3O2. The number of hydrogen-bond acceptors (Lipinski definition) is 3. The van der Waals surface area contributed by atoms with Gasteiger partial charge in [-0.1, -0.05) is 0 Å². The number of rotatable bonds is 2. The van der Waals surface area contributed by atoms with Crippen molar-refractivity contribution in [2.75, 3.05) is 17.2 Å². The Bertz CT molecular complexity index is 490. The van der Waals surface area contributed by atoms with Gasteiger partial charge < -0.3 is 16.4 Å². The quantitative estimate of drug-likeness (QED) is 0.722. The molecule has 2 rings (SSSR count). The molecule has 1 unspecified atom stereocenters. The molecule has 1 saturated heterocycles. The molecule has 0 radical (unpaired) electrons. The minimum atomic E-state index is -0.512. The summed E-state index contributed by atoms with van der Waals surface area (Å²) in [6.45, 7) is 0.198. The zero-order valence-electron chi connectivity index (χ0n) is 9.02. The van der Waals surface area contributed by atoms with E-state index in [-0.39, 0.29) is 24.6 Å². The highest BCUT2D eigenvalue weighted by Gasteiger charge is 2.34. The largest absolute Gasteiger partial charge is 0.397 e. The smallest absolute Gasteiger partial charge is 0.227 e. The van der Waals surface area contributed by atoms with Gasteiger partial charge >= 0.3 is 0 Å². The number of halogens is 1. The van der Waals surface area contributed by atoms with Crippen LogP contribution >= 0.6 is 0 Å². The summed E-state index contributed by atoms with van der Waals surface area (Å²) >= 11 is 0. The third-order valence-corrected chi connectivity index (χ3v) is 2.81. The molecule has 4 N–H and O–H groups in total. The Morgan fingerprint density at radius 1 is 1.47 bits per heavy atom. The fourth-order valence-corrected chi connectivity index (χ4v) is 1.90. The zero-order valence-corrected chi connectivity index (χ0v) is 9.02. The third-order valence-electron chi connectivity index (χ3n) is 2.81. The van der Waals surface area contributed by atoms with E-state index in [0.717, 1.165) is 6.07 Å². The molecule has 1 aliphatic rings. The first kappa shape index (κ1) is 11.4. The van der Waals surface area contributed by atoms with Gasteiger partial charge in [-0.3, -0.25) is 9.59 Å². The second kappa shape index (κ2) is 4.04. The molecule has 0 bridgehead atoms. The summed E-state index contributed by atoms with van der Waals surface area (Å²) in [6.07, 6.45) is 0.0755.